The number of pyridine rings is 1. The molecule has 1 aliphatic heterocycles. The van der Waals surface area contributed by atoms with Gasteiger partial charge >= 0.3 is 11.9 Å². The van der Waals surface area contributed by atoms with Crippen LogP contribution in [0.1, 0.15) is 54.5 Å². The van der Waals surface area contributed by atoms with Crippen molar-refractivity contribution < 1.29 is 24.2 Å². The topological polar surface area (TPSA) is 96.8 Å². The molecule has 0 spiro atoms. The molecule has 0 saturated carbocycles. The van der Waals surface area contributed by atoms with Crippen molar-refractivity contribution in [1.82, 2.24) is 9.88 Å². The molecule has 2 heterocycles. The van der Waals surface area contributed by atoms with Gasteiger partial charge in [-0.15, -0.1) is 0 Å². The monoisotopic (exact) mass is 320 g/mol. The number of aromatic nitrogens is 1. The van der Waals surface area contributed by atoms with Crippen LogP contribution in [0.2, 0.25) is 0 Å². The summed E-state index contributed by atoms with van der Waals surface area (Å²) in [6.45, 7) is 5.72. The van der Waals surface area contributed by atoms with Crippen molar-refractivity contribution in [1.29, 1.82) is 0 Å². The molecule has 0 bridgehead atoms. The van der Waals surface area contributed by atoms with E-state index in [0.29, 0.717) is 19.4 Å². The Bertz CT molecular complexity index is 636. The van der Waals surface area contributed by atoms with E-state index in [0.717, 1.165) is 0 Å². The van der Waals surface area contributed by atoms with Crippen LogP contribution in [0.15, 0.2) is 18.3 Å². The molecule has 1 amide bonds. The average molecular weight is 320 g/mol. The van der Waals surface area contributed by atoms with Gasteiger partial charge in [-0.05, 0) is 45.7 Å². The predicted molar refractivity (Wildman–Crippen MR) is 81.1 cm³/mol. The molecule has 1 aliphatic rings. The van der Waals surface area contributed by atoms with Crippen molar-refractivity contribution in [2.24, 2.45) is 0 Å². The summed E-state index contributed by atoms with van der Waals surface area (Å²) in [5.74, 6) is -2.04. The SMILES string of the molecule is CC(C)(C)OC(=O)C1CCCN1C(=O)c1cc(C(=O)O)ccn1. The minimum atomic E-state index is -1.13. The first-order chi connectivity index (χ1) is 10.7. The highest BCUT2D eigenvalue weighted by Gasteiger charge is 2.37. The molecule has 1 N–H and O–H groups in total. The van der Waals surface area contributed by atoms with Crippen molar-refractivity contribution >= 4 is 17.8 Å². The third kappa shape index (κ3) is 4.06. The third-order valence-corrected chi connectivity index (χ3v) is 3.42. The highest BCUT2D eigenvalue weighted by atomic mass is 16.6. The van der Waals surface area contributed by atoms with E-state index in [-0.39, 0.29) is 11.3 Å². The lowest BCUT2D eigenvalue weighted by atomic mass is 10.1. The van der Waals surface area contributed by atoms with Crippen LogP contribution < -0.4 is 0 Å². The van der Waals surface area contributed by atoms with Crippen LogP contribution in [0.25, 0.3) is 0 Å². The Kier molecular flexibility index (Phi) is 4.68. The number of hydrogen-bond acceptors (Lipinski definition) is 5. The Labute approximate surface area is 134 Å². The van der Waals surface area contributed by atoms with Crippen LogP contribution in [0, 0.1) is 0 Å². The Balaban J connectivity index is 2.19. The van der Waals surface area contributed by atoms with Crippen molar-refractivity contribution in [3.05, 3.63) is 29.6 Å². The lowest BCUT2D eigenvalue weighted by Crippen LogP contribution is -2.43. The van der Waals surface area contributed by atoms with E-state index in [1.54, 1.807) is 20.8 Å². The highest BCUT2D eigenvalue weighted by molar-refractivity contribution is 5.98. The first-order valence-electron chi connectivity index (χ1n) is 7.42. The Morgan fingerprint density at radius 1 is 1.35 bits per heavy atom. The van der Waals surface area contributed by atoms with Gasteiger partial charge in [-0.2, -0.15) is 0 Å². The lowest BCUT2D eigenvalue weighted by Gasteiger charge is -2.27. The van der Waals surface area contributed by atoms with Crippen molar-refractivity contribution in [2.45, 2.75) is 45.3 Å². The molecule has 7 heteroatoms. The normalized spacial score (nSPS) is 17.9. The van der Waals surface area contributed by atoms with E-state index >= 15 is 0 Å². The van der Waals surface area contributed by atoms with Crippen LogP contribution in [0.4, 0.5) is 0 Å². The number of carboxylic acid groups (broad SMARTS) is 1. The van der Waals surface area contributed by atoms with E-state index in [1.165, 1.54) is 23.2 Å². The van der Waals surface area contributed by atoms with Gasteiger partial charge in [0.15, 0.2) is 0 Å². The fourth-order valence-electron chi connectivity index (χ4n) is 2.45. The molecule has 1 fully saturated rings. The van der Waals surface area contributed by atoms with Gasteiger partial charge in [0.05, 0.1) is 5.56 Å². The molecular weight excluding hydrogens is 300 g/mol. The number of carbonyl (C=O) groups is 3. The van der Waals surface area contributed by atoms with Gasteiger partial charge in [-0.25, -0.2) is 9.59 Å². The molecule has 0 radical (unpaired) electrons. The summed E-state index contributed by atoms with van der Waals surface area (Å²) >= 11 is 0. The van der Waals surface area contributed by atoms with Gasteiger partial charge < -0.3 is 14.7 Å². The van der Waals surface area contributed by atoms with Crippen LogP contribution >= 0.6 is 0 Å². The number of nitrogens with zero attached hydrogens (tertiary/aromatic N) is 2. The molecule has 2 rings (SSSR count). The average Bonchev–Trinajstić information content (AvgIpc) is 2.94. The smallest absolute Gasteiger partial charge is 0.335 e. The van der Waals surface area contributed by atoms with Gasteiger partial charge in [0.2, 0.25) is 0 Å². The molecule has 1 aromatic heterocycles. The van der Waals surface area contributed by atoms with E-state index in [4.69, 9.17) is 9.84 Å². The van der Waals surface area contributed by atoms with Gasteiger partial charge in [0.1, 0.15) is 17.3 Å². The zero-order chi connectivity index (χ0) is 17.2. The largest absolute Gasteiger partial charge is 0.478 e. The summed E-state index contributed by atoms with van der Waals surface area (Å²) in [5.41, 5.74) is -0.632. The van der Waals surface area contributed by atoms with Crippen LogP contribution in [-0.4, -0.2) is 51.0 Å². The lowest BCUT2D eigenvalue weighted by molar-refractivity contribution is -0.159. The fourth-order valence-corrected chi connectivity index (χ4v) is 2.45. The molecule has 1 unspecified atom stereocenters. The molecule has 23 heavy (non-hydrogen) atoms. The number of ether oxygens (including phenoxy) is 1. The maximum Gasteiger partial charge on any atom is 0.335 e. The molecule has 0 aliphatic carbocycles. The van der Waals surface area contributed by atoms with E-state index in [2.05, 4.69) is 4.98 Å². The second kappa shape index (κ2) is 6.36. The second-order valence-electron chi connectivity index (χ2n) is 6.42. The summed E-state index contributed by atoms with van der Waals surface area (Å²) in [6, 6.07) is 1.88. The first kappa shape index (κ1) is 16.9. The van der Waals surface area contributed by atoms with Gasteiger partial charge in [-0.3, -0.25) is 9.78 Å². The van der Waals surface area contributed by atoms with Gasteiger partial charge in [-0.1, -0.05) is 0 Å². The molecule has 7 nitrogen and oxygen atoms in total. The molecule has 0 aromatic carbocycles. The van der Waals surface area contributed by atoms with Crippen LogP contribution in [0.3, 0.4) is 0 Å². The number of esters is 1. The maximum absolute atomic E-state index is 12.6. The van der Waals surface area contributed by atoms with Gasteiger partial charge in [0, 0.05) is 12.7 Å². The number of carboxylic acids is 1. The van der Waals surface area contributed by atoms with Crippen molar-refractivity contribution in [3.8, 4) is 0 Å². The number of hydrogen-bond donors (Lipinski definition) is 1. The molecule has 1 atom stereocenters. The zero-order valence-electron chi connectivity index (χ0n) is 13.4. The standard InChI is InChI=1S/C16H20N2O5/c1-16(2,3)23-15(22)12-5-4-8-18(12)13(19)11-9-10(14(20)21)6-7-17-11/h6-7,9,12H,4-5,8H2,1-3H3,(H,20,21). The number of carbonyl (C=O) groups excluding carboxylic acids is 2. The number of likely N-dealkylation sites (tertiary alicyclic amines) is 1. The molecule has 1 saturated heterocycles. The third-order valence-electron chi connectivity index (χ3n) is 3.42. The molecular formula is C16H20N2O5. The Morgan fingerprint density at radius 2 is 2.04 bits per heavy atom. The van der Waals surface area contributed by atoms with Gasteiger partial charge in [0.25, 0.3) is 5.91 Å². The summed E-state index contributed by atoms with van der Waals surface area (Å²) in [7, 11) is 0. The Morgan fingerprint density at radius 3 is 2.65 bits per heavy atom. The predicted octanol–water partition coefficient (Wildman–Crippen LogP) is 1.73. The maximum atomic E-state index is 12.6. The quantitative estimate of drug-likeness (QED) is 0.852. The summed E-state index contributed by atoms with van der Waals surface area (Å²) in [5, 5.41) is 9.00. The fraction of sp³-hybridized carbons (Fsp3) is 0.500. The summed E-state index contributed by atoms with van der Waals surface area (Å²) in [6.07, 6.45) is 2.49. The van der Waals surface area contributed by atoms with E-state index in [9.17, 15) is 14.4 Å². The number of aromatic carboxylic acids is 1. The minimum absolute atomic E-state index is 0.0142. The molecule has 124 valence electrons. The second-order valence-corrected chi connectivity index (χ2v) is 6.42. The van der Waals surface area contributed by atoms with E-state index in [1.807, 2.05) is 0 Å². The van der Waals surface area contributed by atoms with Crippen LogP contribution in [-0.2, 0) is 9.53 Å². The zero-order valence-corrected chi connectivity index (χ0v) is 13.4. The summed E-state index contributed by atoms with van der Waals surface area (Å²) < 4.78 is 5.35. The molecule has 1 aromatic rings. The van der Waals surface area contributed by atoms with Crippen molar-refractivity contribution in [3.63, 3.8) is 0 Å². The van der Waals surface area contributed by atoms with Crippen LogP contribution in [0.5, 0.6) is 0 Å². The first-order valence-corrected chi connectivity index (χ1v) is 7.42. The number of amides is 1. The van der Waals surface area contributed by atoms with E-state index < -0.39 is 29.5 Å². The number of rotatable bonds is 3. The van der Waals surface area contributed by atoms with Crippen molar-refractivity contribution in [2.75, 3.05) is 6.54 Å². The minimum Gasteiger partial charge on any atom is -0.478 e. The highest BCUT2D eigenvalue weighted by Crippen LogP contribution is 2.23. The Hall–Kier alpha value is -2.44. The summed E-state index contributed by atoms with van der Waals surface area (Å²) in [4.78, 5) is 41.1.